The topological polar surface area (TPSA) is 63.1 Å². The number of hydrogen-bond acceptors (Lipinski definition) is 3. The molecule has 1 heterocycles. The van der Waals surface area contributed by atoms with Crippen molar-refractivity contribution in [2.45, 2.75) is 52.1 Å². The number of carbonyl (C=O) groups is 1. The number of carbonyl (C=O) groups excluding carboxylic acids is 1. The van der Waals surface area contributed by atoms with Crippen LogP contribution in [-0.4, -0.2) is 17.5 Å². The Hall–Kier alpha value is -2.34. The van der Waals surface area contributed by atoms with Crippen LogP contribution in [-0.2, 0) is 6.54 Å². The number of nitrogens with one attached hydrogen (secondary N) is 2. The SMILES string of the molecule is CCCn1c(C)c(C(=O)NC(c2cccc(F)c2)C2CCC2)c(NC)c(Cl)c1=O. The average molecular weight is 420 g/mol. The lowest BCUT2D eigenvalue weighted by Crippen LogP contribution is -2.38. The summed E-state index contributed by atoms with van der Waals surface area (Å²) in [7, 11) is 1.64. The van der Waals surface area contributed by atoms with Crippen LogP contribution < -0.4 is 16.2 Å². The second-order valence-electron chi connectivity index (χ2n) is 7.55. The van der Waals surface area contributed by atoms with Crippen molar-refractivity contribution < 1.29 is 9.18 Å². The number of benzene rings is 1. The van der Waals surface area contributed by atoms with Gasteiger partial charge >= 0.3 is 0 Å². The highest BCUT2D eigenvalue weighted by Crippen LogP contribution is 2.38. The van der Waals surface area contributed by atoms with E-state index in [1.807, 2.05) is 13.0 Å². The monoisotopic (exact) mass is 419 g/mol. The molecule has 1 aliphatic rings. The summed E-state index contributed by atoms with van der Waals surface area (Å²) in [6.07, 6.45) is 3.80. The summed E-state index contributed by atoms with van der Waals surface area (Å²) >= 11 is 6.31. The van der Waals surface area contributed by atoms with Crippen LogP contribution in [0.1, 0.15) is 60.3 Å². The van der Waals surface area contributed by atoms with E-state index in [4.69, 9.17) is 11.6 Å². The molecule has 0 spiro atoms. The summed E-state index contributed by atoms with van der Waals surface area (Å²) in [6, 6.07) is 6.07. The fourth-order valence-corrected chi connectivity index (χ4v) is 4.26. The fourth-order valence-electron chi connectivity index (χ4n) is 3.97. The molecule has 1 amide bonds. The number of anilines is 1. The normalized spacial score (nSPS) is 14.9. The lowest BCUT2D eigenvalue weighted by atomic mass is 9.77. The van der Waals surface area contributed by atoms with E-state index < -0.39 is 0 Å². The average Bonchev–Trinajstić information content (AvgIpc) is 2.65. The van der Waals surface area contributed by atoms with Gasteiger partial charge in [0, 0.05) is 19.3 Å². The van der Waals surface area contributed by atoms with Crippen molar-refractivity contribution in [2.24, 2.45) is 5.92 Å². The molecule has 2 N–H and O–H groups in total. The number of aromatic nitrogens is 1. The van der Waals surface area contributed by atoms with Gasteiger partial charge in [-0.3, -0.25) is 9.59 Å². The molecule has 0 saturated heterocycles. The Morgan fingerprint density at radius 2 is 2.10 bits per heavy atom. The maximum absolute atomic E-state index is 13.8. The minimum Gasteiger partial charge on any atom is -0.386 e. The lowest BCUT2D eigenvalue weighted by molar-refractivity contribution is 0.0899. The first-order valence-corrected chi connectivity index (χ1v) is 10.4. The Morgan fingerprint density at radius 3 is 2.66 bits per heavy atom. The molecular formula is C22H27ClFN3O2. The highest BCUT2D eigenvalue weighted by Gasteiger charge is 2.32. The molecule has 1 atom stereocenters. The third-order valence-electron chi connectivity index (χ3n) is 5.71. The standard InChI is InChI=1S/C22H27ClFN3O2/c1-4-11-27-13(2)17(20(25-3)18(23)22(27)29)21(28)26-19(14-7-5-8-14)15-9-6-10-16(24)12-15/h6,9-10,12,14,19,25H,4-5,7-8,11H2,1-3H3,(H,26,28). The van der Waals surface area contributed by atoms with Gasteiger partial charge in [0.2, 0.25) is 0 Å². The van der Waals surface area contributed by atoms with Crippen LogP contribution in [0.2, 0.25) is 5.02 Å². The van der Waals surface area contributed by atoms with E-state index in [1.165, 1.54) is 12.1 Å². The van der Waals surface area contributed by atoms with Gasteiger partial charge in [0.05, 0.1) is 17.3 Å². The molecule has 1 aromatic carbocycles. The summed E-state index contributed by atoms with van der Waals surface area (Å²) in [4.78, 5) is 26.0. The van der Waals surface area contributed by atoms with Gasteiger partial charge < -0.3 is 15.2 Å². The highest BCUT2D eigenvalue weighted by atomic mass is 35.5. The summed E-state index contributed by atoms with van der Waals surface area (Å²) < 4.78 is 15.4. The van der Waals surface area contributed by atoms with Crippen molar-refractivity contribution in [3.05, 3.63) is 62.3 Å². The zero-order valence-electron chi connectivity index (χ0n) is 17.0. The van der Waals surface area contributed by atoms with E-state index >= 15 is 0 Å². The summed E-state index contributed by atoms with van der Waals surface area (Å²) in [5.41, 5.74) is 1.68. The fraction of sp³-hybridized carbons (Fsp3) is 0.455. The van der Waals surface area contributed by atoms with Crippen LogP contribution in [0, 0.1) is 18.7 Å². The zero-order chi connectivity index (χ0) is 21.1. The van der Waals surface area contributed by atoms with Crippen LogP contribution in [0.15, 0.2) is 29.1 Å². The maximum Gasteiger partial charge on any atom is 0.271 e. The third kappa shape index (κ3) is 4.17. The highest BCUT2D eigenvalue weighted by molar-refractivity contribution is 6.34. The minimum absolute atomic E-state index is 0.00245. The number of nitrogens with zero attached hydrogens (tertiary/aromatic N) is 1. The van der Waals surface area contributed by atoms with Gasteiger partial charge in [0.1, 0.15) is 10.8 Å². The molecule has 0 radical (unpaired) electrons. The minimum atomic E-state index is -0.326. The van der Waals surface area contributed by atoms with Gasteiger partial charge in [-0.05, 0) is 49.8 Å². The number of hydrogen-bond donors (Lipinski definition) is 2. The van der Waals surface area contributed by atoms with Crippen molar-refractivity contribution >= 4 is 23.2 Å². The number of rotatable bonds is 7. The molecule has 29 heavy (non-hydrogen) atoms. The molecule has 1 aromatic heterocycles. The van der Waals surface area contributed by atoms with Gasteiger partial charge in [0.25, 0.3) is 11.5 Å². The van der Waals surface area contributed by atoms with Crippen molar-refractivity contribution in [1.29, 1.82) is 0 Å². The van der Waals surface area contributed by atoms with Gasteiger partial charge in [-0.15, -0.1) is 0 Å². The van der Waals surface area contributed by atoms with Crippen molar-refractivity contribution in [1.82, 2.24) is 9.88 Å². The number of halogens is 2. The number of pyridine rings is 1. The Kier molecular flexibility index (Phi) is 6.63. The Labute approximate surface area is 175 Å². The molecule has 2 aromatic rings. The molecule has 0 aliphatic heterocycles. The lowest BCUT2D eigenvalue weighted by Gasteiger charge is -2.35. The van der Waals surface area contributed by atoms with Crippen LogP contribution >= 0.6 is 11.6 Å². The van der Waals surface area contributed by atoms with Crippen molar-refractivity contribution in [2.75, 3.05) is 12.4 Å². The molecule has 5 nitrogen and oxygen atoms in total. The van der Waals surface area contributed by atoms with Gasteiger partial charge in [-0.1, -0.05) is 37.1 Å². The summed E-state index contributed by atoms with van der Waals surface area (Å²) in [6.45, 7) is 4.19. The van der Waals surface area contributed by atoms with E-state index in [0.29, 0.717) is 23.5 Å². The molecule has 156 valence electrons. The number of amides is 1. The van der Waals surface area contributed by atoms with Gasteiger partial charge in [0.15, 0.2) is 0 Å². The quantitative estimate of drug-likeness (QED) is 0.685. The van der Waals surface area contributed by atoms with Crippen LogP contribution in [0.4, 0.5) is 10.1 Å². The van der Waals surface area contributed by atoms with E-state index in [-0.39, 0.29) is 34.3 Å². The Bertz CT molecular complexity index is 969. The van der Waals surface area contributed by atoms with Crippen LogP contribution in [0.5, 0.6) is 0 Å². The predicted molar refractivity (Wildman–Crippen MR) is 114 cm³/mol. The van der Waals surface area contributed by atoms with E-state index in [0.717, 1.165) is 31.2 Å². The van der Waals surface area contributed by atoms with Crippen LogP contribution in [0.25, 0.3) is 0 Å². The first-order chi connectivity index (χ1) is 13.9. The van der Waals surface area contributed by atoms with Crippen molar-refractivity contribution in [3.63, 3.8) is 0 Å². The summed E-state index contributed by atoms with van der Waals surface area (Å²) in [5.74, 6) is -0.386. The summed E-state index contributed by atoms with van der Waals surface area (Å²) in [5, 5.41) is 6.00. The van der Waals surface area contributed by atoms with Crippen LogP contribution in [0.3, 0.4) is 0 Å². The van der Waals surface area contributed by atoms with E-state index in [1.54, 1.807) is 24.6 Å². The molecule has 3 rings (SSSR count). The molecule has 1 fully saturated rings. The largest absolute Gasteiger partial charge is 0.386 e. The van der Waals surface area contributed by atoms with Crippen molar-refractivity contribution in [3.8, 4) is 0 Å². The first-order valence-electron chi connectivity index (χ1n) is 10.1. The smallest absolute Gasteiger partial charge is 0.271 e. The third-order valence-corrected chi connectivity index (χ3v) is 6.06. The predicted octanol–water partition coefficient (Wildman–Crippen LogP) is 4.67. The molecule has 7 heteroatoms. The second-order valence-corrected chi connectivity index (χ2v) is 7.93. The first kappa shape index (κ1) is 21.4. The van der Waals surface area contributed by atoms with Gasteiger partial charge in [-0.2, -0.15) is 0 Å². The Morgan fingerprint density at radius 1 is 1.38 bits per heavy atom. The van der Waals surface area contributed by atoms with E-state index in [2.05, 4.69) is 10.6 Å². The molecule has 0 bridgehead atoms. The molecule has 1 saturated carbocycles. The molecule has 1 unspecified atom stereocenters. The second kappa shape index (κ2) is 8.99. The van der Waals surface area contributed by atoms with E-state index in [9.17, 15) is 14.0 Å². The Balaban J connectivity index is 2.03. The molecular weight excluding hydrogens is 393 g/mol. The maximum atomic E-state index is 13.8. The molecule has 1 aliphatic carbocycles. The van der Waals surface area contributed by atoms with Gasteiger partial charge in [-0.25, -0.2) is 4.39 Å². The zero-order valence-corrected chi connectivity index (χ0v) is 17.8.